The van der Waals surface area contributed by atoms with Gasteiger partial charge < -0.3 is 5.32 Å². The Morgan fingerprint density at radius 3 is 2.86 bits per heavy atom. The molecule has 2 heterocycles. The molecule has 0 amide bonds. The molecule has 0 aliphatic heterocycles. The molecule has 0 saturated carbocycles. The van der Waals surface area contributed by atoms with Crippen molar-refractivity contribution in [3.63, 3.8) is 0 Å². The van der Waals surface area contributed by atoms with Gasteiger partial charge in [-0.25, -0.2) is 0 Å². The van der Waals surface area contributed by atoms with E-state index < -0.39 is 0 Å². The van der Waals surface area contributed by atoms with Gasteiger partial charge in [0.1, 0.15) is 5.82 Å². The Hall–Kier alpha value is -1.42. The summed E-state index contributed by atoms with van der Waals surface area (Å²) >= 11 is 1.70. The quantitative estimate of drug-likeness (QED) is 0.836. The van der Waals surface area contributed by atoms with Gasteiger partial charge in [0.25, 0.3) is 0 Å². The molecule has 3 nitrogen and oxygen atoms in total. The van der Waals surface area contributed by atoms with E-state index in [-0.39, 0.29) is 0 Å². The van der Waals surface area contributed by atoms with Crippen molar-refractivity contribution in [2.75, 3.05) is 5.32 Å². The second-order valence-corrected chi connectivity index (χ2v) is 3.83. The first-order valence-electron chi connectivity index (χ1n) is 4.40. The van der Waals surface area contributed by atoms with Gasteiger partial charge in [0.05, 0.1) is 5.69 Å². The van der Waals surface area contributed by atoms with Gasteiger partial charge in [0.15, 0.2) is 0 Å². The topological polar surface area (TPSA) is 37.8 Å². The number of aryl methyl sites for hydroxylation is 1. The van der Waals surface area contributed by atoms with Crippen LogP contribution in [0.2, 0.25) is 0 Å². The predicted octanol–water partition coefficient (Wildman–Crippen LogP) is 2.46. The fraction of sp³-hybridized carbons (Fsp3) is 0.200. The summed E-state index contributed by atoms with van der Waals surface area (Å²) in [5.41, 5.74) is 2.21. The van der Waals surface area contributed by atoms with Gasteiger partial charge in [-0.2, -0.15) is 16.4 Å². The standard InChI is InChI=1S/C10H11N3S/c1-8-2-3-10(13-12-8)11-6-9-4-5-14-7-9/h2-5,7H,6H2,1H3,(H,11,13). The van der Waals surface area contributed by atoms with Gasteiger partial charge >= 0.3 is 0 Å². The van der Waals surface area contributed by atoms with Gasteiger partial charge in [-0.1, -0.05) is 0 Å². The number of thiophene rings is 1. The van der Waals surface area contributed by atoms with E-state index in [1.165, 1.54) is 5.56 Å². The van der Waals surface area contributed by atoms with Crippen LogP contribution in [0.25, 0.3) is 0 Å². The summed E-state index contributed by atoms with van der Waals surface area (Å²) in [5, 5.41) is 15.4. The first-order chi connectivity index (χ1) is 6.84. The zero-order valence-electron chi connectivity index (χ0n) is 7.90. The van der Waals surface area contributed by atoms with Gasteiger partial charge in [-0.3, -0.25) is 0 Å². The molecular weight excluding hydrogens is 194 g/mol. The number of hydrogen-bond donors (Lipinski definition) is 1. The summed E-state index contributed by atoms with van der Waals surface area (Å²) < 4.78 is 0. The highest BCUT2D eigenvalue weighted by molar-refractivity contribution is 7.07. The van der Waals surface area contributed by atoms with E-state index >= 15 is 0 Å². The van der Waals surface area contributed by atoms with Crippen LogP contribution in [0.4, 0.5) is 5.82 Å². The minimum atomic E-state index is 0.807. The Morgan fingerprint density at radius 1 is 1.29 bits per heavy atom. The minimum Gasteiger partial charge on any atom is -0.364 e. The molecule has 1 N–H and O–H groups in total. The van der Waals surface area contributed by atoms with E-state index in [9.17, 15) is 0 Å². The lowest BCUT2D eigenvalue weighted by atomic mass is 10.3. The molecule has 0 saturated heterocycles. The van der Waals surface area contributed by atoms with E-state index in [4.69, 9.17) is 0 Å². The van der Waals surface area contributed by atoms with Crippen LogP contribution in [0.15, 0.2) is 29.0 Å². The summed E-state index contributed by atoms with van der Waals surface area (Å²) in [7, 11) is 0. The van der Waals surface area contributed by atoms with E-state index in [2.05, 4.69) is 32.3 Å². The molecule has 0 atom stereocenters. The van der Waals surface area contributed by atoms with Crippen molar-refractivity contribution in [3.8, 4) is 0 Å². The van der Waals surface area contributed by atoms with Crippen LogP contribution in [0.5, 0.6) is 0 Å². The van der Waals surface area contributed by atoms with Crippen molar-refractivity contribution in [1.29, 1.82) is 0 Å². The SMILES string of the molecule is Cc1ccc(NCc2ccsc2)nn1. The number of rotatable bonds is 3. The Kier molecular flexibility index (Phi) is 2.74. The summed E-state index contributed by atoms with van der Waals surface area (Å²) in [6.07, 6.45) is 0. The number of nitrogens with zero attached hydrogens (tertiary/aromatic N) is 2. The average molecular weight is 205 g/mol. The molecule has 4 heteroatoms. The average Bonchev–Trinajstić information content (AvgIpc) is 2.70. The predicted molar refractivity (Wildman–Crippen MR) is 58.4 cm³/mol. The van der Waals surface area contributed by atoms with Crippen molar-refractivity contribution >= 4 is 17.2 Å². The molecule has 14 heavy (non-hydrogen) atoms. The lowest BCUT2D eigenvalue weighted by molar-refractivity contribution is 0.964. The van der Waals surface area contributed by atoms with Crippen molar-refractivity contribution in [1.82, 2.24) is 10.2 Å². The third kappa shape index (κ3) is 2.29. The van der Waals surface area contributed by atoms with Crippen LogP contribution in [0, 0.1) is 6.92 Å². The lowest BCUT2D eigenvalue weighted by Crippen LogP contribution is -2.01. The number of anilines is 1. The summed E-state index contributed by atoms with van der Waals surface area (Å²) in [6, 6.07) is 5.98. The van der Waals surface area contributed by atoms with E-state index in [0.29, 0.717) is 0 Å². The van der Waals surface area contributed by atoms with Crippen molar-refractivity contribution < 1.29 is 0 Å². The largest absolute Gasteiger partial charge is 0.364 e. The summed E-state index contributed by atoms with van der Waals surface area (Å²) in [6.45, 7) is 2.73. The smallest absolute Gasteiger partial charge is 0.148 e. The Labute approximate surface area is 86.8 Å². The van der Waals surface area contributed by atoms with Gasteiger partial charge in [-0.15, -0.1) is 5.10 Å². The van der Waals surface area contributed by atoms with Crippen molar-refractivity contribution in [3.05, 3.63) is 40.2 Å². The van der Waals surface area contributed by atoms with Crippen LogP contribution in [-0.2, 0) is 6.54 Å². The lowest BCUT2D eigenvalue weighted by Gasteiger charge is -2.02. The summed E-state index contributed by atoms with van der Waals surface area (Å²) in [4.78, 5) is 0. The molecular formula is C10H11N3S. The molecule has 0 spiro atoms. The molecule has 72 valence electrons. The molecule has 0 aromatic carbocycles. The summed E-state index contributed by atoms with van der Waals surface area (Å²) in [5.74, 6) is 0.821. The molecule has 0 fully saturated rings. The highest BCUT2D eigenvalue weighted by Gasteiger charge is 1.95. The van der Waals surface area contributed by atoms with Crippen LogP contribution >= 0.6 is 11.3 Å². The van der Waals surface area contributed by atoms with Crippen LogP contribution < -0.4 is 5.32 Å². The molecule has 0 aliphatic carbocycles. The van der Waals surface area contributed by atoms with E-state index in [1.807, 2.05) is 19.1 Å². The highest BCUT2D eigenvalue weighted by Crippen LogP contribution is 2.08. The fourth-order valence-electron chi connectivity index (χ4n) is 1.08. The maximum Gasteiger partial charge on any atom is 0.148 e. The fourth-order valence-corrected chi connectivity index (χ4v) is 1.75. The van der Waals surface area contributed by atoms with Gasteiger partial charge in [0, 0.05) is 6.54 Å². The number of hydrogen-bond acceptors (Lipinski definition) is 4. The van der Waals surface area contributed by atoms with Gasteiger partial charge in [-0.05, 0) is 41.4 Å². The Morgan fingerprint density at radius 2 is 2.21 bits per heavy atom. The molecule has 2 rings (SSSR count). The zero-order chi connectivity index (χ0) is 9.80. The second kappa shape index (κ2) is 4.19. The van der Waals surface area contributed by atoms with Crippen LogP contribution in [0.3, 0.4) is 0 Å². The zero-order valence-corrected chi connectivity index (χ0v) is 8.71. The highest BCUT2D eigenvalue weighted by atomic mass is 32.1. The van der Waals surface area contributed by atoms with Gasteiger partial charge in [0.2, 0.25) is 0 Å². The molecule has 0 unspecified atom stereocenters. The maximum absolute atomic E-state index is 4.02. The van der Waals surface area contributed by atoms with Crippen LogP contribution in [-0.4, -0.2) is 10.2 Å². The van der Waals surface area contributed by atoms with E-state index in [1.54, 1.807) is 11.3 Å². The number of nitrogens with one attached hydrogen (secondary N) is 1. The van der Waals surface area contributed by atoms with Crippen molar-refractivity contribution in [2.24, 2.45) is 0 Å². The second-order valence-electron chi connectivity index (χ2n) is 3.05. The van der Waals surface area contributed by atoms with Crippen LogP contribution in [0.1, 0.15) is 11.3 Å². The minimum absolute atomic E-state index is 0.807. The third-order valence-electron chi connectivity index (χ3n) is 1.85. The maximum atomic E-state index is 4.02. The first kappa shape index (κ1) is 9.15. The third-order valence-corrected chi connectivity index (χ3v) is 2.58. The number of aromatic nitrogens is 2. The van der Waals surface area contributed by atoms with E-state index in [0.717, 1.165) is 18.1 Å². The molecule has 2 aromatic heterocycles. The monoisotopic (exact) mass is 205 g/mol. The molecule has 0 radical (unpaired) electrons. The van der Waals surface area contributed by atoms with Crippen molar-refractivity contribution in [2.45, 2.75) is 13.5 Å². The Bertz CT molecular complexity index is 380. The molecule has 0 bridgehead atoms. The normalized spacial score (nSPS) is 10.1. The molecule has 2 aromatic rings. The first-order valence-corrected chi connectivity index (χ1v) is 5.34. The Balaban J connectivity index is 1.95. The molecule has 0 aliphatic rings.